The van der Waals surface area contributed by atoms with Crippen LogP contribution in [0.4, 0.5) is 29.3 Å². The first-order valence-electron chi connectivity index (χ1n) is 13.1. The minimum atomic E-state index is -4.48. The molecule has 0 saturated carbocycles. The molecule has 2 aromatic carbocycles. The van der Waals surface area contributed by atoms with Gasteiger partial charge in [0.1, 0.15) is 11.4 Å². The number of nitrogens with one attached hydrogen (secondary N) is 1. The van der Waals surface area contributed by atoms with Crippen molar-refractivity contribution in [3.63, 3.8) is 0 Å². The molecule has 0 fully saturated rings. The fourth-order valence-electron chi connectivity index (χ4n) is 4.01. The number of hydrogen-bond acceptors (Lipinski definition) is 6. The van der Waals surface area contributed by atoms with Crippen LogP contribution in [-0.4, -0.2) is 39.1 Å². The van der Waals surface area contributed by atoms with E-state index in [0.717, 1.165) is 17.8 Å². The third kappa shape index (κ3) is 7.90. The number of nitrogens with zero attached hydrogens (tertiary/aromatic N) is 4. The molecule has 2 aromatic heterocycles. The van der Waals surface area contributed by atoms with Gasteiger partial charge in [-0.1, -0.05) is 18.2 Å². The van der Waals surface area contributed by atoms with Gasteiger partial charge < -0.3 is 10.1 Å². The lowest BCUT2D eigenvalue weighted by Gasteiger charge is -2.27. The van der Waals surface area contributed by atoms with Crippen LogP contribution in [0.1, 0.15) is 48.2 Å². The van der Waals surface area contributed by atoms with E-state index in [4.69, 9.17) is 4.74 Å². The molecule has 1 N–H and O–H groups in total. The molecule has 2 amide bonds. The predicted molar refractivity (Wildman–Crippen MR) is 153 cm³/mol. The zero-order valence-electron chi connectivity index (χ0n) is 23.6. The van der Waals surface area contributed by atoms with E-state index in [2.05, 4.69) is 20.3 Å². The second-order valence-corrected chi connectivity index (χ2v) is 10.5. The van der Waals surface area contributed by atoms with Crippen LogP contribution >= 0.6 is 0 Å². The number of carbonyl (C=O) groups is 2. The lowest BCUT2D eigenvalue weighted by molar-refractivity contribution is -0.137. The van der Waals surface area contributed by atoms with Crippen LogP contribution in [0.25, 0.3) is 11.3 Å². The fourth-order valence-corrected chi connectivity index (χ4v) is 4.01. The van der Waals surface area contributed by atoms with Gasteiger partial charge in [-0.25, -0.2) is 14.8 Å². The van der Waals surface area contributed by atoms with E-state index in [1.807, 2.05) is 18.2 Å². The summed E-state index contributed by atoms with van der Waals surface area (Å²) in [6.07, 6.45) is -1.48. The molecule has 8 nitrogen and oxygen atoms in total. The predicted octanol–water partition coefficient (Wildman–Crippen LogP) is 7.10. The minimum absolute atomic E-state index is 0.0928. The molecule has 0 radical (unpaired) electrons. The van der Waals surface area contributed by atoms with E-state index in [1.165, 1.54) is 23.2 Å². The van der Waals surface area contributed by atoms with Crippen LogP contribution < -0.4 is 10.2 Å². The summed E-state index contributed by atoms with van der Waals surface area (Å²) < 4.78 is 44.7. The first kappa shape index (κ1) is 30.2. The Morgan fingerprint density at radius 2 is 1.62 bits per heavy atom. The number of aryl methyl sites for hydroxylation is 1. The van der Waals surface area contributed by atoms with Crippen molar-refractivity contribution in [3.8, 4) is 11.3 Å². The molecule has 0 unspecified atom stereocenters. The van der Waals surface area contributed by atoms with E-state index in [9.17, 15) is 22.8 Å². The molecule has 0 atom stereocenters. The van der Waals surface area contributed by atoms with Gasteiger partial charge in [-0.3, -0.25) is 14.7 Å². The van der Waals surface area contributed by atoms with Gasteiger partial charge in [0.2, 0.25) is 0 Å². The number of benzene rings is 2. The van der Waals surface area contributed by atoms with E-state index >= 15 is 0 Å². The van der Waals surface area contributed by atoms with Gasteiger partial charge in [0.15, 0.2) is 0 Å². The number of anilines is 2. The quantitative estimate of drug-likeness (QED) is 0.252. The molecule has 2 heterocycles. The Labute approximate surface area is 241 Å². The van der Waals surface area contributed by atoms with Gasteiger partial charge in [-0.15, -0.1) is 0 Å². The van der Waals surface area contributed by atoms with Crippen molar-refractivity contribution in [2.45, 2.75) is 45.9 Å². The van der Waals surface area contributed by atoms with Crippen LogP contribution in [-0.2, 0) is 17.3 Å². The van der Waals surface area contributed by atoms with Crippen LogP contribution in [0.5, 0.6) is 0 Å². The summed E-state index contributed by atoms with van der Waals surface area (Å²) in [7, 11) is 0. The van der Waals surface area contributed by atoms with Crippen molar-refractivity contribution in [2.75, 3.05) is 16.8 Å². The highest BCUT2D eigenvalue weighted by Gasteiger charge is 2.30. The summed E-state index contributed by atoms with van der Waals surface area (Å²) in [6, 6.07) is 16.6. The van der Waals surface area contributed by atoms with Gasteiger partial charge >= 0.3 is 12.3 Å². The van der Waals surface area contributed by atoms with Gasteiger partial charge in [-0.05, 0) is 76.2 Å². The number of ether oxygens (including phenoxy) is 1. The van der Waals surface area contributed by atoms with Gasteiger partial charge in [0, 0.05) is 48.0 Å². The third-order valence-electron chi connectivity index (χ3n) is 6.01. The fraction of sp³-hybridized carbons (Fsp3) is 0.258. The van der Waals surface area contributed by atoms with Crippen molar-refractivity contribution in [1.82, 2.24) is 15.0 Å². The van der Waals surface area contributed by atoms with E-state index in [1.54, 1.807) is 58.2 Å². The summed E-state index contributed by atoms with van der Waals surface area (Å²) in [5.74, 6) is -0.185. The maximum Gasteiger partial charge on any atom is 0.416 e. The van der Waals surface area contributed by atoms with Crippen LogP contribution in [0.15, 0.2) is 79.1 Å². The van der Waals surface area contributed by atoms with Crippen molar-refractivity contribution in [2.24, 2.45) is 0 Å². The Kier molecular flexibility index (Phi) is 8.89. The standard InChI is InChI=1S/C31H30F3N5O3/c1-20-36-19-26(27(37-20)21-8-10-22(11-9-21)31(32,33)34)28(40)38-24-12-14-25(15-13-24)39(29(41)42-30(2,3)4)18-16-23-7-5-6-17-35-23/h5-15,17,19H,16,18H2,1-4H3,(H,38,40). The van der Waals surface area contributed by atoms with Crippen molar-refractivity contribution >= 4 is 23.4 Å². The number of rotatable bonds is 7. The third-order valence-corrected chi connectivity index (χ3v) is 6.01. The SMILES string of the molecule is Cc1ncc(C(=O)Nc2ccc(N(CCc3ccccn3)C(=O)OC(C)(C)C)cc2)c(-c2ccc(C(F)(F)F)cc2)n1. The molecule has 4 rings (SSSR count). The first-order chi connectivity index (χ1) is 19.8. The van der Waals surface area contributed by atoms with E-state index in [-0.39, 0.29) is 11.3 Å². The maximum absolute atomic E-state index is 13.2. The molecular weight excluding hydrogens is 547 g/mol. The molecule has 42 heavy (non-hydrogen) atoms. The number of amides is 2. The number of hydrogen-bond donors (Lipinski definition) is 1. The normalized spacial score (nSPS) is 11.6. The second-order valence-electron chi connectivity index (χ2n) is 10.5. The molecule has 0 aliphatic heterocycles. The summed E-state index contributed by atoms with van der Waals surface area (Å²) in [4.78, 5) is 40.5. The largest absolute Gasteiger partial charge is 0.443 e. The smallest absolute Gasteiger partial charge is 0.416 e. The number of pyridine rings is 1. The molecule has 0 saturated heterocycles. The van der Waals surface area contributed by atoms with Gasteiger partial charge in [0.25, 0.3) is 5.91 Å². The first-order valence-corrected chi connectivity index (χ1v) is 13.1. The van der Waals surface area contributed by atoms with E-state index in [0.29, 0.717) is 35.7 Å². The highest BCUT2D eigenvalue weighted by Crippen LogP contribution is 2.31. The Morgan fingerprint density at radius 3 is 2.21 bits per heavy atom. The summed E-state index contributed by atoms with van der Waals surface area (Å²) in [5, 5.41) is 2.77. The second kappa shape index (κ2) is 12.4. The van der Waals surface area contributed by atoms with Crippen LogP contribution in [0.2, 0.25) is 0 Å². The molecule has 218 valence electrons. The average Bonchev–Trinajstić information content (AvgIpc) is 2.93. The number of alkyl halides is 3. The number of aromatic nitrogens is 3. The average molecular weight is 578 g/mol. The topological polar surface area (TPSA) is 97.3 Å². The van der Waals surface area contributed by atoms with Crippen molar-refractivity contribution in [1.29, 1.82) is 0 Å². The van der Waals surface area contributed by atoms with Crippen LogP contribution in [0.3, 0.4) is 0 Å². The molecule has 4 aromatic rings. The zero-order valence-corrected chi connectivity index (χ0v) is 23.6. The number of halogens is 3. The van der Waals surface area contributed by atoms with Gasteiger partial charge in [0.05, 0.1) is 16.8 Å². The molecule has 0 aliphatic rings. The Bertz CT molecular complexity index is 1540. The summed E-state index contributed by atoms with van der Waals surface area (Å²) in [5.41, 5.74) is 0.942. The monoisotopic (exact) mass is 577 g/mol. The summed E-state index contributed by atoms with van der Waals surface area (Å²) >= 11 is 0. The van der Waals surface area contributed by atoms with Crippen molar-refractivity contribution < 1.29 is 27.5 Å². The molecule has 0 aliphatic carbocycles. The lowest BCUT2D eigenvalue weighted by Crippen LogP contribution is -2.38. The minimum Gasteiger partial charge on any atom is -0.443 e. The highest BCUT2D eigenvalue weighted by atomic mass is 19.4. The Morgan fingerprint density at radius 1 is 0.929 bits per heavy atom. The highest BCUT2D eigenvalue weighted by molar-refractivity contribution is 6.08. The maximum atomic E-state index is 13.2. The Balaban J connectivity index is 1.54. The molecular formula is C31H30F3N5O3. The van der Waals surface area contributed by atoms with Crippen molar-refractivity contribution in [3.05, 3.63) is 102 Å². The number of carbonyl (C=O) groups excluding carboxylic acids is 2. The van der Waals surface area contributed by atoms with Gasteiger partial charge in [-0.2, -0.15) is 13.2 Å². The molecule has 11 heteroatoms. The zero-order chi connectivity index (χ0) is 30.5. The molecule has 0 bridgehead atoms. The Hall–Kier alpha value is -4.80. The molecule has 0 spiro atoms. The van der Waals surface area contributed by atoms with Crippen LogP contribution in [0, 0.1) is 6.92 Å². The lowest BCUT2D eigenvalue weighted by atomic mass is 10.0. The van der Waals surface area contributed by atoms with E-state index < -0.39 is 29.3 Å². The summed E-state index contributed by atoms with van der Waals surface area (Å²) in [6.45, 7) is 7.30.